The molecule has 1 nitrogen and oxygen atoms in total. The van der Waals surface area contributed by atoms with Crippen LogP contribution < -0.4 is 0 Å². The van der Waals surface area contributed by atoms with Crippen LogP contribution in [-0.4, -0.2) is 18.1 Å². The summed E-state index contributed by atoms with van der Waals surface area (Å²) in [5, 5.41) is 0. The molecule has 0 aromatic rings. The molecule has 0 bridgehead atoms. The lowest BCUT2D eigenvalue weighted by Gasteiger charge is -2.22. The van der Waals surface area contributed by atoms with E-state index in [1.807, 2.05) is 0 Å². The van der Waals surface area contributed by atoms with Gasteiger partial charge in [0.25, 0.3) is 0 Å². The van der Waals surface area contributed by atoms with Gasteiger partial charge in [-0.05, 0) is 0 Å². The Bertz CT molecular complexity index is 291. The first-order chi connectivity index (χ1) is 6.02. The first kappa shape index (κ1) is 11.2. The number of hydrogen-bond donors (Lipinski definition) is 0. The summed E-state index contributed by atoms with van der Waals surface area (Å²) in [6, 6.07) is 0. The topological polar surface area (TPSA) is 9.23 Å². The predicted molar refractivity (Wildman–Crippen MR) is 25.2 cm³/mol. The predicted octanol–water partition coefficient (Wildman–Crippen LogP) is 2.99. The average Bonchev–Trinajstić information content (AvgIpc) is 2.11. The quantitative estimate of drug-likeness (QED) is 0.579. The van der Waals surface area contributed by atoms with E-state index in [4.69, 9.17) is 0 Å². The fraction of sp³-hybridized carbons (Fsp3) is 0.600. The molecule has 0 spiro atoms. The second-order valence-corrected chi connectivity index (χ2v) is 2.34. The van der Waals surface area contributed by atoms with Gasteiger partial charge in [-0.3, -0.25) is 4.74 Å². The monoisotopic (exact) mass is 228 g/mol. The third-order valence-electron chi connectivity index (χ3n) is 1.36. The summed E-state index contributed by atoms with van der Waals surface area (Å²) in [6.07, 6.45) is -11.4. The minimum Gasteiger partial charge on any atom is -0.263 e. The fourth-order valence-corrected chi connectivity index (χ4v) is 0.717. The van der Waals surface area contributed by atoms with Crippen LogP contribution in [0.2, 0.25) is 0 Å². The Morgan fingerprint density at radius 1 is 0.929 bits per heavy atom. The molecule has 0 amide bonds. The van der Waals surface area contributed by atoms with E-state index >= 15 is 0 Å². The molecule has 0 aliphatic carbocycles. The molecule has 9 heteroatoms. The van der Waals surface area contributed by atoms with Gasteiger partial charge in [-0.1, -0.05) is 0 Å². The van der Waals surface area contributed by atoms with E-state index in [2.05, 4.69) is 4.74 Å². The Kier molecular flexibility index (Phi) is 2.07. The zero-order chi connectivity index (χ0) is 11.4. The van der Waals surface area contributed by atoms with Crippen molar-refractivity contribution in [1.82, 2.24) is 0 Å². The Balaban J connectivity index is 3.23. The summed E-state index contributed by atoms with van der Waals surface area (Å²) in [6.45, 7) is 0. The van der Waals surface area contributed by atoms with Crippen molar-refractivity contribution in [2.75, 3.05) is 0 Å². The van der Waals surface area contributed by atoms with Crippen molar-refractivity contribution in [3.8, 4) is 0 Å². The van der Waals surface area contributed by atoms with E-state index in [1.54, 1.807) is 0 Å². The Morgan fingerprint density at radius 2 is 1.36 bits per heavy atom. The van der Waals surface area contributed by atoms with Gasteiger partial charge in [0.05, 0.1) is 0 Å². The fourth-order valence-electron chi connectivity index (χ4n) is 0.717. The van der Waals surface area contributed by atoms with Crippen LogP contribution in [0.15, 0.2) is 11.7 Å². The van der Waals surface area contributed by atoms with Crippen LogP contribution in [0.25, 0.3) is 0 Å². The van der Waals surface area contributed by atoms with Gasteiger partial charge in [0.15, 0.2) is 0 Å². The van der Waals surface area contributed by atoms with E-state index < -0.39 is 29.8 Å². The molecule has 1 atom stereocenters. The highest BCUT2D eigenvalue weighted by atomic mass is 19.4. The number of alkyl halides is 6. The lowest BCUT2D eigenvalue weighted by Crippen LogP contribution is -2.43. The molecule has 0 aromatic heterocycles. The average molecular weight is 228 g/mol. The van der Waals surface area contributed by atoms with Crippen molar-refractivity contribution in [1.29, 1.82) is 0 Å². The maximum absolute atomic E-state index is 12.5. The minimum absolute atomic E-state index is 2.38. The molecule has 0 radical (unpaired) electrons. The van der Waals surface area contributed by atoms with Gasteiger partial charge >= 0.3 is 18.1 Å². The van der Waals surface area contributed by atoms with Crippen LogP contribution in [0.4, 0.5) is 35.1 Å². The highest BCUT2D eigenvalue weighted by molar-refractivity contribution is 5.22. The second-order valence-electron chi connectivity index (χ2n) is 2.34. The van der Waals surface area contributed by atoms with Crippen molar-refractivity contribution in [2.45, 2.75) is 18.1 Å². The van der Waals surface area contributed by atoms with Gasteiger partial charge in [-0.15, -0.1) is 0 Å². The SMILES string of the molecule is FC1=C(F)C(F)(C(F)(F)F)OC1(F)F. The van der Waals surface area contributed by atoms with Crippen LogP contribution in [-0.2, 0) is 4.74 Å². The number of ether oxygens (including phenoxy) is 1. The molecule has 0 saturated heterocycles. The highest BCUT2D eigenvalue weighted by Crippen LogP contribution is 2.53. The molecule has 0 fully saturated rings. The minimum atomic E-state index is -6.12. The standard InChI is InChI=1S/C5F8O/c6-1-2(7)4(9,10)14-3(1,8)5(11,12)13. The van der Waals surface area contributed by atoms with Crippen molar-refractivity contribution in [3.63, 3.8) is 0 Å². The highest BCUT2D eigenvalue weighted by Gasteiger charge is 2.73. The van der Waals surface area contributed by atoms with E-state index in [1.165, 1.54) is 0 Å². The molecule has 0 saturated carbocycles. The summed E-state index contributed by atoms with van der Waals surface area (Å²) in [7, 11) is 0. The van der Waals surface area contributed by atoms with E-state index in [9.17, 15) is 35.1 Å². The molecule has 1 unspecified atom stereocenters. The third-order valence-corrected chi connectivity index (χ3v) is 1.36. The zero-order valence-electron chi connectivity index (χ0n) is 5.93. The van der Waals surface area contributed by atoms with Gasteiger partial charge in [0.2, 0.25) is 11.7 Å². The van der Waals surface area contributed by atoms with Crippen LogP contribution >= 0.6 is 0 Å². The molecule has 0 aromatic carbocycles. The van der Waals surface area contributed by atoms with Gasteiger partial charge in [-0.25, -0.2) is 4.39 Å². The van der Waals surface area contributed by atoms with Gasteiger partial charge in [-0.2, -0.15) is 30.7 Å². The van der Waals surface area contributed by atoms with E-state index in [0.29, 0.717) is 0 Å². The number of hydrogen-bond acceptors (Lipinski definition) is 1. The lowest BCUT2D eigenvalue weighted by atomic mass is 10.2. The molecule has 14 heavy (non-hydrogen) atoms. The van der Waals surface area contributed by atoms with E-state index in [0.717, 1.165) is 0 Å². The molecule has 1 aliphatic heterocycles. The smallest absolute Gasteiger partial charge is 0.263 e. The van der Waals surface area contributed by atoms with Crippen molar-refractivity contribution >= 4 is 0 Å². The van der Waals surface area contributed by atoms with Crippen LogP contribution in [0.3, 0.4) is 0 Å². The third kappa shape index (κ3) is 1.26. The summed E-state index contributed by atoms with van der Waals surface area (Å²) in [4.78, 5) is 0. The molecular weight excluding hydrogens is 228 g/mol. The van der Waals surface area contributed by atoms with E-state index in [-0.39, 0.29) is 0 Å². The van der Waals surface area contributed by atoms with Crippen molar-refractivity contribution in [2.24, 2.45) is 0 Å². The zero-order valence-corrected chi connectivity index (χ0v) is 5.93. The first-order valence-corrected chi connectivity index (χ1v) is 2.92. The maximum atomic E-state index is 12.5. The first-order valence-electron chi connectivity index (χ1n) is 2.92. The number of halogens is 8. The molecule has 1 heterocycles. The van der Waals surface area contributed by atoms with Gasteiger partial charge in [0, 0.05) is 0 Å². The molecular formula is C5F8O. The maximum Gasteiger partial charge on any atom is 0.456 e. The Morgan fingerprint density at radius 3 is 1.50 bits per heavy atom. The normalized spacial score (nSPS) is 32.6. The molecule has 82 valence electrons. The summed E-state index contributed by atoms with van der Waals surface area (Å²) in [5.74, 6) is -11.9. The largest absolute Gasteiger partial charge is 0.456 e. The summed E-state index contributed by atoms with van der Waals surface area (Å²) in [5.41, 5.74) is 0. The van der Waals surface area contributed by atoms with Gasteiger partial charge in [0.1, 0.15) is 0 Å². The Labute approximate surface area is 70.9 Å². The second kappa shape index (κ2) is 2.59. The molecule has 1 rings (SSSR count). The van der Waals surface area contributed by atoms with Crippen molar-refractivity contribution < 1.29 is 39.9 Å². The van der Waals surface area contributed by atoms with Gasteiger partial charge < -0.3 is 0 Å². The molecule has 1 aliphatic rings. The number of rotatable bonds is 0. The van der Waals surface area contributed by atoms with Crippen LogP contribution in [0.1, 0.15) is 0 Å². The van der Waals surface area contributed by atoms with Crippen LogP contribution in [0.5, 0.6) is 0 Å². The van der Waals surface area contributed by atoms with Crippen molar-refractivity contribution in [3.05, 3.63) is 11.7 Å². The Hall–Kier alpha value is -0.860. The lowest BCUT2D eigenvalue weighted by molar-refractivity contribution is -0.375. The summed E-state index contributed by atoms with van der Waals surface area (Å²) < 4.78 is 97.9. The summed E-state index contributed by atoms with van der Waals surface area (Å²) >= 11 is 0. The van der Waals surface area contributed by atoms with Crippen LogP contribution in [0, 0.1) is 0 Å². The molecule has 0 N–H and O–H groups in total.